The first-order chi connectivity index (χ1) is 9.52. The number of alkyl halides is 1. The number of carbonyl (C=O) groups excluding carboxylic acids is 3. The maximum Gasteiger partial charge on any atom is 0.329 e. The number of carbonyl (C=O) groups is 3. The molecule has 0 aliphatic carbocycles. The highest BCUT2D eigenvalue weighted by Crippen LogP contribution is 2.28. The van der Waals surface area contributed by atoms with Gasteiger partial charge >= 0.3 is 5.97 Å². The Balaban J connectivity index is 2.44. The van der Waals surface area contributed by atoms with Gasteiger partial charge in [0.2, 0.25) is 0 Å². The molecule has 0 radical (unpaired) electrons. The quantitative estimate of drug-likeness (QED) is 0.343. The van der Waals surface area contributed by atoms with Crippen molar-refractivity contribution < 1.29 is 19.1 Å². The summed E-state index contributed by atoms with van der Waals surface area (Å²) in [6, 6.07) is 5.70. The van der Waals surface area contributed by atoms with Crippen LogP contribution in [0.25, 0.3) is 0 Å². The summed E-state index contributed by atoms with van der Waals surface area (Å²) in [4.78, 5) is 37.8. The van der Waals surface area contributed by atoms with E-state index in [-0.39, 0.29) is 5.92 Å². The van der Waals surface area contributed by atoms with Crippen LogP contribution in [0.3, 0.4) is 0 Å². The van der Waals surface area contributed by atoms with Gasteiger partial charge in [0.15, 0.2) is 0 Å². The van der Waals surface area contributed by atoms with Gasteiger partial charge < -0.3 is 4.74 Å². The molecule has 6 heteroatoms. The zero-order valence-corrected chi connectivity index (χ0v) is 13.3. The number of hydrogen-bond donors (Lipinski definition) is 0. The largest absolute Gasteiger partial charge is 0.467 e. The zero-order chi connectivity index (χ0) is 14.9. The van der Waals surface area contributed by atoms with E-state index in [1.165, 1.54) is 7.11 Å². The molecular formula is C14H14INO4. The first kappa shape index (κ1) is 15.0. The summed E-state index contributed by atoms with van der Waals surface area (Å²) in [5.74, 6) is -1.61. The molecule has 0 saturated carbocycles. The van der Waals surface area contributed by atoms with Gasteiger partial charge in [0.25, 0.3) is 11.8 Å². The van der Waals surface area contributed by atoms with Crippen LogP contribution in [0.15, 0.2) is 24.3 Å². The number of esters is 1. The summed E-state index contributed by atoms with van der Waals surface area (Å²) < 4.78 is 5.38. The first-order valence-electron chi connectivity index (χ1n) is 6.13. The first-order valence-corrected chi connectivity index (χ1v) is 7.66. The molecule has 1 aliphatic rings. The fourth-order valence-electron chi connectivity index (χ4n) is 2.26. The van der Waals surface area contributed by atoms with E-state index in [4.69, 9.17) is 4.74 Å². The fourth-order valence-corrected chi connectivity index (χ4v) is 2.74. The van der Waals surface area contributed by atoms with Gasteiger partial charge in [0.1, 0.15) is 6.04 Å². The standard InChI is InChI=1S/C14H14INO4/c1-8(7-15)11(14(19)20-2)16-12(17)9-5-3-4-6-10(9)13(16)18/h3-6,8,11H,7H2,1-2H3. The molecule has 2 rings (SSSR count). The van der Waals surface area contributed by atoms with Crippen LogP contribution >= 0.6 is 22.6 Å². The Morgan fingerprint density at radius 2 is 1.75 bits per heavy atom. The van der Waals surface area contributed by atoms with Crippen LogP contribution in [0.5, 0.6) is 0 Å². The third-order valence-corrected chi connectivity index (χ3v) is 4.72. The summed E-state index contributed by atoms with van der Waals surface area (Å²) in [5.41, 5.74) is 0.680. The second-order valence-electron chi connectivity index (χ2n) is 4.63. The van der Waals surface area contributed by atoms with Crippen molar-refractivity contribution in [2.75, 3.05) is 11.5 Å². The lowest BCUT2D eigenvalue weighted by Crippen LogP contribution is -2.49. The molecule has 5 nitrogen and oxygen atoms in total. The Labute approximate surface area is 130 Å². The molecule has 20 heavy (non-hydrogen) atoms. The number of halogens is 1. The number of imide groups is 1. The minimum absolute atomic E-state index is 0.176. The maximum atomic E-state index is 12.4. The minimum Gasteiger partial charge on any atom is -0.467 e. The van der Waals surface area contributed by atoms with Crippen LogP contribution in [-0.2, 0) is 9.53 Å². The van der Waals surface area contributed by atoms with Gasteiger partial charge in [-0.25, -0.2) is 4.79 Å². The van der Waals surface area contributed by atoms with E-state index in [1.54, 1.807) is 24.3 Å². The number of nitrogens with zero attached hydrogens (tertiary/aromatic N) is 1. The summed E-state index contributed by atoms with van der Waals surface area (Å²) in [6.45, 7) is 1.82. The summed E-state index contributed by atoms with van der Waals surface area (Å²) in [7, 11) is 1.26. The highest BCUT2D eigenvalue weighted by atomic mass is 127. The lowest BCUT2D eigenvalue weighted by atomic mass is 10.0. The Morgan fingerprint density at radius 1 is 1.25 bits per heavy atom. The van der Waals surface area contributed by atoms with Gasteiger partial charge in [-0.2, -0.15) is 0 Å². The number of benzene rings is 1. The number of rotatable bonds is 4. The Kier molecular flexibility index (Phi) is 4.42. The predicted molar refractivity (Wildman–Crippen MR) is 80.8 cm³/mol. The van der Waals surface area contributed by atoms with Crippen LogP contribution in [0, 0.1) is 5.92 Å². The van der Waals surface area contributed by atoms with E-state index in [2.05, 4.69) is 22.6 Å². The summed E-state index contributed by atoms with van der Waals surface area (Å²) >= 11 is 2.12. The third-order valence-electron chi connectivity index (χ3n) is 3.33. The van der Waals surface area contributed by atoms with Gasteiger partial charge in [-0.15, -0.1) is 0 Å². The van der Waals surface area contributed by atoms with Gasteiger partial charge in [0.05, 0.1) is 18.2 Å². The maximum absolute atomic E-state index is 12.4. The number of fused-ring (bicyclic) bond motifs is 1. The molecule has 2 unspecified atom stereocenters. The van der Waals surface area contributed by atoms with E-state index >= 15 is 0 Å². The topological polar surface area (TPSA) is 63.7 Å². The van der Waals surface area contributed by atoms with Crippen LogP contribution < -0.4 is 0 Å². The molecule has 1 aliphatic heterocycles. The van der Waals surface area contributed by atoms with Crippen LogP contribution in [0.4, 0.5) is 0 Å². The molecule has 1 aromatic carbocycles. The Hall–Kier alpha value is -1.44. The molecule has 0 aromatic heterocycles. The highest BCUT2D eigenvalue weighted by molar-refractivity contribution is 14.1. The van der Waals surface area contributed by atoms with Gasteiger partial charge in [-0.3, -0.25) is 14.5 Å². The second kappa shape index (κ2) is 5.90. The van der Waals surface area contributed by atoms with Crippen LogP contribution in [-0.4, -0.2) is 40.3 Å². The van der Waals surface area contributed by atoms with Gasteiger partial charge in [-0.1, -0.05) is 41.6 Å². The number of hydrogen-bond acceptors (Lipinski definition) is 4. The number of amides is 2. The molecule has 1 aromatic rings. The molecule has 1 heterocycles. The fraction of sp³-hybridized carbons (Fsp3) is 0.357. The highest BCUT2D eigenvalue weighted by Gasteiger charge is 2.45. The van der Waals surface area contributed by atoms with Crippen molar-refractivity contribution in [2.45, 2.75) is 13.0 Å². The van der Waals surface area contributed by atoms with Crippen molar-refractivity contribution in [3.8, 4) is 0 Å². The van der Waals surface area contributed by atoms with Crippen molar-refractivity contribution in [1.82, 2.24) is 4.90 Å². The monoisotopic (exact) mass is 387 g/mol. The van der Waals surface area contributed by atoms with E-state index < -0.39 is 23.8 Å². The summed E-state index contributed by atoms with van der Waals surface area (Å²) in [6.07, 6.45) is 0. The van der Waals surface area contributed by atoms with Crippen molar-refractivity contribution in [1.29, 1.82) is 0 Å². The molecular weight excluding hydrogens is 373 g/mol. The minimum atomic E-state index is -0.885. The van der Waals surface area contributed by atoms with E-state index in [0.717, 1.165) is 4.90 Å². The van der Waals surface area contributed by atoms with Gasteiger partial charge in [-0.05, 0) is 18.1 Å². The molecule has 2 atom stereocenters. The SMILES string of the molecule is COC(=O)C(C(C)CI)N1C(=O)c2ccccc2C1=O. The molecule has 0 spiro atoms. The van der Waals surface area contributed by atoms with Crippen molar-refractivity contribution >= 4 is 40.4 Å². The number of methoxy groups -OCH3 is 1. The van der Waals surface area contributed by atoms with Crippen LogP contribution in [0.2, 0.25) is 0 Å². The Morgan fingerprint density at radius 3 is 2.15 bits per heavy atom. The summed E-state index contributed by atoms with van der Waals surface area (Å²) in [5, 5.41) is 0. The molecule has 0 bridgehead atoms. The lowest BCUT2D eigenvalue weighted by molar-refractivity contribution is -0.146. The average Bonchev–Trinajstić information content (AvgIpc) is 2.72. The average molecular weight is 387 g/mol. The van der Waals surface area contributed by atoms with Crippen LogP contribution in [0.1, 0.15) is 27.6 Å². The van der Waals surface area contributed by atoms with Crippen molar-refractivity contribution in [2.24, 2.45) is 5.92 Å². The zero-order valence-electron chi connectivity index (χ0n) is 11.1. The molecule has 106 valence electrons. The normalized spacial score (nSPS) is 16.9. The van der Waals surface area contributed by atoms with Crippen molar-refractivity contribution in [3.63, 3.8) is 0 Å². The van der Waals surface area contributed by atoms with E-state index in [9.17, 15) is 14.4 Å². The van der Waals surface area contributed by atoms with Crippen molar-refractivity contribution in [3.05, 3.63) is 35.4 Å². The smallest absolute Gasteiger partial charge is 0.329 e. The molecule has 0 saturated heterocycles. The second-order valence-corrected chi connectivity index (χ2v) is 5.51. The third kappa shape index (κ3) is 2.32. The van der Waals surface area contributed by atoms with Gasteiger partial charge in [0, 0.05) is 4.43 Å². The molecule has 0 fully saturated rings. The molecule has 0 N–H and O–H groups in total. The molecule has 2 amide bonds. The lowest BCUT2D eigenvalue weighted by Gasteiger charge is -2.27. The van der Waals surface area contributed by atoms with E-state index in [1.807, 2.05) is 6.92 Å². The predicted octanol–water partition coefficient (Wildman–Crippen LogP) is 1.90. The van der Waals surface area contributed by atoms with E-state index in [0.29, 0.717) is 15.6 Å². The number of ether oxygens (including phenoxy) is 1. The Bertz CT molecular complexity index is 537.